The Bertz CT molecular complexity index is 415. The van der Waals surface area contributed by atoms with Crippen molar-refractivity contribution in [1.29, 1.82) is 0 Å². The maximum atomic E-state index is 11.9. The molecule has 0 heterocycles. The molecule has 4 heteroatoms. The molecule has 1 unspecified atom stereocenters. The second-order valence-corrected chi connectivity index (χ2v) is 9.52. The molecule has 29 heavy (non-hydrogen) atoms. The number of hydrogen-bond acceptors (Lipinski definition) is 3. The normalized spacial score (nSPS) is 12.6. The standard InChI is InChI=1S/C25H49NO3/c1-6-7-8-9-10-11-12-13-14-15-16-17-18-19-20-21-23(27)26-22(2)24(28)29-25(3,4)5/h22H,6-21H2,1-5H3,(H,26,27). The summed E-state index contributed by atoms with van der Waals surface area (Å²) >= 11 is 0. The Morgan fingerprint density at radius 2 is 1.10 bits per heavy atom. The second-order valence-electron chi connectivity index (χ2n) is 9.52. The maximum absolute atomic E-state index is 11.9. The van der Waals surface area contributed by atoms with Crippen LogP contribution in [0.2, 0.25) is 0 Å². The van der Waals surface area contributed by atoms with Gasteiger partial charge in [-0.1, -0.05) is 96.8 Å². The summed E-state index contributed by atoms with van der Waals surface area (Å²) in [7, 11) is 0. The van der Waals surface area contributed by atoms with Crippen LogP contribution in [0.4, 0.5) is 0 Å². The summed E-state index contributed by atoms with van der Waals surface area (Å²) in [5, 5.41) is 2.74. The van der Waals surface area contributed by atoms with Crippen LogP contribution >= 0.6 is 0 Å². The van der Waals surface area contributed by atoms with Gasteiger partial charge < -0.3 is 10.1 Å². The highest BCUT2D eigenvalue weighted by atomic mass is 16.6. The lowest BCUT2D eigenvalue weighted by molar-refractivity contribution is -0.158. The molecule has 0 aromatic rings. The molecule has 0 radical (unpaired) electrons. The van der Waals surface area contributed by atoms with E-state index in [9.17, 15) is 9.59 Å². The Balaban J connectivity index is 3.41. The van der Waals surface area contributed by atoms with Crippen LogP contribution in [0.1, 0.15) is 137 Å². The molecule has 0 rings (SSSR count). The summed E-state index contributed by atoms with van der Waals surface area (Å²) in [4.78, 5) is 23.8. The fraction of sp³-hybridized carbons (Fsp3) is 0.920. The molecule has 0 saturated heterocycles. The van der Waals surface area contributed by atoms with Crippen LogP contribution in [-0.4, -0.2) is 23.5 Å². The first-order chi connectivity index (χ1) is 13.8. The number of rotatable bonds is 18. The zero-order chi connectivity index (χ0) is 22.0. The summed E-state index contributed by atoms with van der Waals surface area (Å²) < 4.78 is 5.28. The molecule has 0 aliphatic heterocycles. The van der Waals surface area contributed by atoms with Crippen molar-refractivity contribution in [2.24, 2.45) is 0 Å². The minimum Gasteiger partial charge on any atom is -0.458 e. The first kappa shape index (κ1) is 27.9. The van der Waals surface area contributed by atoms with Gasteiger partial charge in [0.1, 0.15) is 11.6 Å². The SMILES string of the molecule is CCCCCCCCCCCCCCCCCC(=O)NC(C)C(=O)OC(C)(C)C. The number of carbonyl (C=O) groups excluding carboxylic acids is 2. The van der Waals surface area contributed by atoms with Gasteiger partial charge in [-0.25, -0.2) is 4.79 Å². The molecule has 0 saturated carbocycles. The van der Waals surface area contributed by atoms with Crippen LogP contribution in [-0.2, 0) is 14.3 Å². The average Bonchev–Trinajstić information content (AvgIpc) is 2.63. The van der Waals surface area contributed by atoms with Gasteiger partial charge in [0.2, 0.25) is 5.91 Å². The van der Waals surface area contributed by atoms with Gasteiger partial charge in [-0.2, -0.15) is 0 Å². The van der Waals surface area contributed by atoms with Gasteiger partial charge in [0.05, 0.1) is 0 Å². The monoisotopic (exact) mass is 411 g/mol. The van der Waals surface area contributed by atoms with E-state index in [0.717, 1.165) is 12.8 Å². The minimum absolute atomic E-state index is 0.0574. The first-order valence-electron chi connectivity index (χ1n) is 12.3. The summed E-state index contributed by atoms with van der Waals surface area (Å²) in [5.74, 6) is -0.430. The third kappa shape index (κ3) is 20.0. The fourth-order valence-electron chi connectivity index (χ4n) is 3.42. The Morgan fingerprint density at radius 1 is 0.724 bits per heavy atom. The predicted molar refractivity (Wildman–Crippen MR) is 123 cm³/mol. The van der Waals surface area contributed by atoms with Crippen molar-refractivity contribution >= 4 is 11.9 Å². The lowest BCUT2D eigenvalue weighted by atomic mass is 10.0. The summed E-state index contributed by atoms with van der Waals surface area (Å²) in [6, 6.07) is -0.585. The van der Waals surface area contributed by atoms with E-state index < -0.39 is 11.6 Å². The third-order valence-corrected chi connectivity index (χ3v) is 5.15. The van der Waals surface area contributed by atoms with Crippen LogP contribution in [0.15, 0.2) is 0 Å². The quantitative estimate of drug-likeness (QED) is 0.193. The molecular weight excluding hydrogens is 362 g/mol. The number of hydrogen-bond donors (Lipinski definition) is 1. The Kier molecular flexibility index (Phi) is 17.1. The number of unbranched alkanes of at least 4 members (excludes halogenated alkanes) is 14. The van der Waals surface area contributed by atoms with Crippen molar-refractivity contribution < 1.29 is 14.3 Å². The molecule has 1 amide bonds. The number of nitrogens with one attached hydrogen (secondary N) is 1. The molecule has 0 spiro atoms. The van der Waals surface area contributed by atoms with Crippen LogP contribution < -0.4 is 5.32 Å². The van der Waals surface area contributed by atoms with Gasteiger partial charge >= 0.3 is 5.97 Å². The van der Waals surface area contributed by atoms with Crippen molar-refractivity contribution in [2.45, 2.75) is 149 Å². The van der Waals surface area contributed by atoms with Gasteiger partial charge in [0, 0.05) is 6.42 Å². The van der Waals surface area contributed by atoms with E-state index in [1.165, 1.54) is 83.5 Å². The predicted octanol–water partition coefficient (Wildman–Crippen LogP) is 7.09. The smallest absolute Gasteiger partial charge is 0.328 e. The van der Waals surface area contributed by atoms with Crippen LogP contribution in [0.5, 0.6) is 0 Å². The molecular formula is C25H49NO3. The van der Waals surface area contributed by atoms with Gasteiger partial charge in [-0.15, -0.1) is 0 Å². The molecule has 0 fully saturated rings. The van der Waals surface area contributed by atoms with E-state index in [-0.39, 0.29) is 11.9 Å². The number of ether oxygens (including phenoxy) is 1. The maximum Gasteiger partial charge on any atom is 0.328 e. The topological polar surface area (TPSA) is 55.4 Å². The van der Waals surface area contributed by atoms with Crippen molar-refractivity contribution in [3.8, 4) is 0 Å². The van der Waals surface area contributed by atoms with Gasteiger partial charge in [0.15, 0.2) is 0 Å². The van der Waals surface area contributed by atoms with Crippen LogP contribution in [0.25, 0.3) is 0 Å². The van der Waals surface area contributed by atoms with Crippen molar-refractivity contribution in [1.82, 2.24) is 5.32 Å². The van der Waals surface area contributed by atoms with Crippen LogP contribution in [0, 0.1) is 0 Å². The average molecular weight is 412 g/mol. The number of esters is 1. The Labute approximate surface area is 180 Å². The van der Waals surface area contributed by atoms with Gasteiger partial charge in [0.25, 0.3) is 0 Å². The van der Waals surface area contributed by atoms with E-state index in [1.54, 1.807) is 6.92 Å². The second kappa shape index (κ2) is 17.8. The summed E-state index contributed by atoms with van der Waals surface area (Å²) in [5.41, 5.74) is -0.523. The minimum atomic E-state index is -0.585. The summed E-state index contributed by atoms with van der Waals surface area (Å²) in [6.07, 6.45) is 20.2. The van der Waals surface area contributed by atoms with Crippen molar-refractivity contribution in [3.63, 3.8) is 0 Å². The number of carbonyl (C=O) groups is 2. The molecule has 172 valence electrons. The molecule has 0 aliphatic rings. The molecule has 0 bridgehead atoms. The summed E-state index contributed by atoms with van der Waals surface area (Å²) in [6.45, 7) is 9.43. The lowest BCUT2D eigenvalue weighted by Crippen LogP contribution is -2.42. The van der Waals surface area contributed by atoms with E-state index >= 15 is 0 Å². The highest BCUT2D eigenvalue weighted by Gasteiger charge is 2.22. The Morgan fingerprint density at radius 3 is 1.48 bits per heavy atom. The van der Waals surface area contributed by atoms with Gasteiger partial charge in [-0.05, 0) is 34.1 Å². The highest BCUT2D eigenvalue weighted by molar-refractivity contribution is 5.84. The fourth-order valence-corrected chi connectivity index (χ4v) is 3.42. The zero-order valence-electron chi connectivity index (χ0n) is 20.1. The van der Waals surface area contributed by atoms with Crippen molar-refractivity contribution in [3.05, 3.63) is 0 Å². The number of amides is 1. The van der Waals surface area contributed by atoms with Gasteiger partial charge in [-0.3, -0.25) is 4.79 Å². The molecule has 4 nitrogen and oxygen atoms in total. The highest BCUT2D eigenvalue weighted by Crippen LogP contribution is 2.14. The molecule has 0 aromatic heterocycles. The largest absolute Gasteiger partial charge is 0.458 e. The van der Waals surface area contributed by atoms with E-state index in [4.69, 9.17) is 4.74 Å². The lowest BCUT2D eigenvalue weighted by Gasteiger charge is -2.22. The molecule has 1 N–H and O–H groups in total. The van der Waals surface area contributed by atoms with E-state index in [2.05, 4.69) is 12.2 Å². The molecule has 0 aliphatic carbocycles. The zero-order valence-corrected chi connectivity index (χ0v) is 20.1. The van der Waals surface area contributed by atoms with E-state index in [1.807, 2.05) is 20.8 Å². The van der Waals surface area contributed by atoms with E-state index in [0.29, 0.717) is 6.42 Å². The third-order valence-electron chi connectivity index (χ3n) is 5.15. The Hall–Kier alpha value is -1.06. The van der Waals surface area contributed by atoms with Crippen molar-refractivity contribution in [2.75, 3.05) is 0 Å². The van der Waals surface area contributed by atoms with Crippen LogP contribution in [0.3, 0.4) is 0 Å². The molecule has 0 aromatic carbocycles. The first-order valence-corrected chi connectivity index (χ1v) is 12.3. The molecule has 1 atom stereocenters.